The first-order valence-corrected chi connectivity index (χ1v) is 7.33. The zero-order valence-electron chi connectivity index (χ0n) is 11.8. The van der Waals surface area contributed by atoms with Gasteiger partial charge in [-0.2, -0.15) is 0 Å². The molecule has 1 spiro atoms. The third-order valence-electron chi connectivity index (χ3n) is 4.91. The van der Waals surface area contributed by atoms with Crippen LogP contribution in [-0.2, 0) is 4.74 Å². The molecule has 0 radical (unpaired) electrons. The van der Waals surface area contributed by atoms with Gasteiger partial charge >= 0.3 is 0 Å². The lowest BCUT2D eigenvalue weighted by Crippen LogP contribution is -2.33. The highest BCUT2D eigenvalue weighted by Crippen LogP contribution is 2.45. The largest absolute Gasteiger partial charge is 0.372 e. The van der Waals surface area contributed by atoms with Crippen LogP contribution in [0.1, 0.15) is 65.7 Å². The van der Waals surface area contributed by atoms with Gasteiger partial charge in [0.1, 0.15) is 0 Å². The van der Waals surface area contributed by atoms with Gasteiger partial charge in [0.2, 0.25) is 0 Å². The zero-order valence-corrected chi connectivity index (χ0v) is 11.8. The van der Waals surface area contributed by atoms with Crippen LogP contribution in [0, 0.1) is 11.3 Å². The molecule has 0 amide bonds. The molecular formula is C15H29NO. The number of rotatable bonds is 3. The highest BCUT2D eigenvalue weighted by atomic mass is 16.5. The molecule has 17 heavy (non-hydrogen) atoms. The first-order valence-electron chi connectivity index (χ1n) is 7.33. The molecule has 2 aliphatic rings. The lowest BCUT2D eigenvalue weighted by Gasteiger charge is -2.32. The van der Waals surface area contributed by atoms with Gasteiger partial charge in [0, 0.05) is 0 Å². The summed E-state index contributed by atoms with van der Waals surface area (Å²) in [7, 11) is 0. The van der Waals surface area contributed by atoms with Crippen molar-refractivity contribution < 1.29 is 4.74 Å². The van der Waals surface area contributed by atoms with E-state index in [1.165, 1.54) is 38.5 Å². The normalized spacial score (nSPS) is 30.0. The molecule has 2 atom stereocenters. The van der Waals surface area contributed by atoms with E-state index in [1.54, 1.807) is 0 Å². The van der Waals surface area contributed by atoms with Crippen molar-refractivity contribution in [3.05, 3.63) is 0 Å². The Morgan fingerprint density at radius 1 is 1.24 bits per heavy atom. The fourth-order valence-electron chi connectivity index (χ4n) is 3.57. The zero-order chi connectivity index (χ0) is 12.5. The van der Waals surface area contributed by atoms with Crippen LogP contribution in [0.3, 0.4) is 0 Å². The molecule has 2 rings (SSSR count). The fourth-order valence-corrected chi connectivity index (χ4v) is 3.57. The minimum Gasteiger partial charge on any atom is -0.372 e. The second-order valence-corrected chi connectivity index (χ2v) is 7.20. The van der Waals surface area contributed by atoms with Gasteiger partial charge in [-0.25, -0.2) is 0 Å². The molecule has 0 bridgehead atoms. The average Bonchev–Trinajstić information content (AvgIpc) is 2.85. The Balaban J connectivity index is 1.88. The molecule has 2 nitrogen and oxygen atoms in total. The van der Waals surface area contributed by atoms with Crippen molar-refractivity contribution in [2.24, 2.45) is 17.1 Å². The molecule has 1 saturated carbocycles. The summed E-state index contributed by atoms with van der Waals surface area (Å²) in [6, 6.07) is 0. The Morgan fingerprint density at radius 2 is 1.88 bits per heavy atom. The molecule has 1 aliphatic carbocycles. The summed E-state index contributed by atoms with van der Waals surface area (Å²) in [5, 5.41) is 0. The molecule has 1 heterocycles. The molecule has 100 valence electrons. The van der Waals surface area contributed by atoms with Crippen LogP contribution < -0.4 is 5.73 Å². The van der Waals surface area contributed by atoms with Crippen LogP contribution in [0.2, 0.25) is 0 Å². The summed E-state index contributed by atoms with van der Waals surface area (Å²) < 4.78 is 6.38. The third-order valence-corrected chi connectivity index (χ3v) is 4.91. The number of nitrogens with two attached hydrogens (primary N) is 1. The van der Waals surface area contributed by atoms with Gasteiger partial charge in [0.15, 0.2) is 0 Å². The van der Waals surface area contributed by atoms with E-state index in [9.17, 15) is 0 Å². The van der Waals surface area contributed by atoms with Gasteiger partial charge in [-0.1, -0.05) is 33.6 Å². The van der Waals surface area contributed by atoms with Crippen molar-refractivity contribution in [3.8, 4) is 0 Å². The summed E-state index contributed by atoms with van der Waals surface area (Å²) in [6.07, 6.45) is 9.51. The van der Waals surface area contributed by atoms with Crippen LogP contribution in [0.4, 0.5) is 0 Å². The average molecular weight is 239 g/mol. The van der Waals surface area contributed by atoms with Gasteiger partial charge in [-0.05, 0) is 50.0 Å². The van der Waals surface area contributed by atoms with Crippen LogP contribution in [-0.4, -0.2) is 18.2 Å². The van der Waals surface area contributed by atoms with Crippen molar-refractivity contribution in [1.29, 1.82) is 0 Å². The lowest BCUT2D eigenvalue weighted by molar-refractivity contribution is -0.0493. The van der Waals surface area contributed by atoms with Gasteiger partial charge in [-0.15, -0.1) is 0 Å². The molecule has 0 aromatic carbocycles. The van der Waals surface area contributed by atoms with E-state index < -0.39 is 0 Å². The molecule has 1 saturated heterocycles. The predicted molar refractivity (Wildman–Crippen MR) is 71.9 cm³/mol. The highest BCUT2D eigenvalue weighted by Gasteiger charge is 2.43. The summed E-state index contributed by atoms with van der Waals surface area (Å²) in [4.78, 5) is 0. The quantitative estimate of drug-likeness (QED) is 0.818. The van der Waals surface area contributed by atoms with E-state index in [1.807, 2.05) is 0 Å². The second-order valence-electron chi connectivity index (χ2n) is 7.20. The molecule has 2 heteroatoms. The van der Waals surface area contributed by atoms with Crippen LogP contribution in [0.5, 0.6) is 0 Å². The molecule has 2 unspecified atom stereocenters. The first-order chi connectivity index (χ1) is 7.95. The first kappa shape index (κ1) is 13.4. The van der Waals surface area contributed by atoms with Crippen molar-refractivity contribution in [1.82, 2.24) is 0 Å². The maximum Gasteiger partial charge on any atom is 0.0687 e. The third kappa shape index (κ3) is 3.03. The van der Waals surface area contributed by atoms with E-state index in [-0.39, 0.29) is 5.60 Å². The van der Waals surface area contributed by atoms with Gasteiger partial charge in [0.25, 0.3) is 0 Å². The van der Waals surface area contributed by atoms with Gasteiger partial charge in [-0.3, -0.25) is 0 Å². The molecule has 2 fully saturated rings. The Labute approximate surface area is 106 Å². The van der Waals surface area contributed by atoms with E-state index in [0.717, 1.165) is 13.0 Å². The minimum absolute atomic E-state index is 0.279. The van der Waals surface area contributed by atoms with Crippen LogP contribution in [0.25, 0.3) is 0 Å². The molecule has 1 aliphatic heterocycles. The predicted octanol–water partition coefficient (Wildman–Crippen LogP) is 3.49. The van der Waals surface area contributed by atoms with E-state index >= 15 is 0 Å². The number of ether oxygens (including phenoxy) is 1. The Bertz CT molecular complexity index is 250. The van der Waals surface area contributed by atoms with Crippen molar-refractivity contribution in [2.75, 3.05) is 6.54 Å². The number of hydrogen-bond donors (Lipinski definition) is 1. The smallest absolute Gasteiger partial charge is 0.0687 e. The maximum atomic E-state index is 6.38. The summed E-state index contributed by atoms with van der Waals surface area (Å²) >= 11 is 0. The highest BCUT2D eigenvalue weighted by molar-refractivity contribution is 4.94. The van der Waals surface area contributed by atoms with E-state index in [2.05, 4.69) is 20.8 Å². The summed E-state index contributed by atoms with van der Waals surface area (Å²) in [6.45, 7) is 7.68. The summed E-state index contributed by atoms with van der Waals surface area (Å²) in [5.74, 6) is 0.587. The second kappa shape index (κ2) is 4.89. The van der Waals surface area contributed by atoms with Crippen LogP contribution in [0.15, 0.2) is 0 Å². The minimum atomic E-state index is 0.279. The van der Waals surface area contributed by atoms with E-state index in [0.29, 0.717) is 17.4 Å². The van der Waals surface area contributed by atoms with Crippen LogP contribution >= 0.6 is 0 Å². The van der Waals surface area contributed by atoms with Gasteiger partial charge < -0.3 is 10.5 Å². The van der Waals surface area contributed by atoms with Crippen molar-refractivity contribution in [3.63, 3.8) is 0 Å². The standard InChI is InChI=1S/C15H29NO/c1-14(2,3)12(11-16)10-13-6-9-15(17-13)7-4-5-8-15/h12-13H,4-11,16H2,1-3H3. The maximum absolute atomic E-state index is 6.38. The van der Waals surface area contributed by atoms with E-state index in [4.69, 9.17) is 10.5 Å². The van der Waals surface area contributed by atoms with Crippen molar-refractivity contribution >= 4 is 0 Å². The Kier molecular flexibility index (Phi) is 3.84. The SMILES string of the molecule is CC(C)(C)C(CN)CC1CCC2(CCCC2)O1. The Morgan fingerprint density at radius 3 is 2.41 bits per heavy atom. The summed E-state index contributed by atoms with van der Waals surface area (Å²) in [5.41, 5.74) is 6.51. The number of hydrogen-bond acceptors (Lipinski definition) is 2. The van der Waals surface area contributed by atoms with Crippen molar-refractivity contribution in [2.45, 2.75) is 77.4 Å². The molecular weight excluding hydrogens is 210 g/mol. The monoisotopic (exact) mass is 239 g/mol. The molecule has 0 aromatic heterocycles. The fraction of sp³-hybridized carbons (Fsp3) is 1.00. The van der Waals surface area contributed by atoms with Gasteiger partial charge in [0.05, 0.1) is 11.7 Å². The molecule has 2 N–H and O–H groups in total. The Hall–Kier alpha value is -0.0800. The topological polar surface area (TPSA) is 35.2 Å². The molecule has 0 aromatic rings. The lowest BCUT2D eigenvalue weighted by atomic mass is 9.77.